The first-order valence-electron chi connectivity index (χ1n) is 10.1. The number of halogens is 2. The van der Waals surface area contributed by atoms with Crippen LogP contribution in [-0.2, 0) is 6.54 Å². The van der Waals surface area contributed by atoms with Crippen molar-refractivity contribution in [2.45, 2.75) is 44.3 Å². The number of nitrogens with zero attached hydrogens (tertiary/aromatic N) is 1. The lowest BCUT2D eigenvalue weighted by Crippen LogP contribution is -2.19. The number of hydrogen-bond donors (Lipinski definition) is 2. The number of fused-ring (bicyclic) bond motifs is 5. The molecule has 2 atom stereocenters. The Morgan fingerprint density at radius 3 is 2.76 bits per heavy atom. The molecule has 2 aromatic carbocycles. The first-order chi connectivity index (χ1) is 14.0. The predicted molar refractivity (Wildman–Crippen MR) is 109 cm³/mol. The van der Waals surface area contributed by atoms with Crippen LogP contribution in [0.5, 0.6) is 0 Å². The van der Waals surface area contributed by atoms with E-state index in [1.165, 1.54) is 12.1 Å². The number of hydrogen-bond acceptors (Lipinski definition) is 2. The average molecular weight is 396 g/mol. The molecular formula is C23H22F2N2O2. The van der Waals surface area contributed by atoms with E-state index >= 15 is 4.39 Å². The van der Waals surface area contributed by atoms with Gasteiger partial charge in [-0.1, -0.05) is 18.9 Å². The van der Waals surface area contributed by atoms with Gasteiger partial charge in [-0.2, -0.15) is 0 Å². The quantitative estimate of drug-likeness (QED) is 0.596. The molecule has 1 saturated carbocycles. The molecule has 0 radical (unpaired) electrons. The van der Waals surface area contributed by atoms with E-state index in [0.717, 1.165) is 47.0 Å². The third kappa shape index (κ3) is 2.89. The number of anilines is 1. The van der Waals surface area contributed by atoms with Gasteiger partial charge in [0.05, 0.1) is 11.3 Å². The third-order valence-electron chi connectivity index (χ3n) is 6.29. The molecule has 29 heavy (non-hydrogen) atoms. The molecule has 0 saturated heterocycles. The summed E-state index contributed by atoms with van der Waals surface area (Å²) in [4.78, 5) is 11.6. The van der Waals surface area contributed by atoms with Gasteiger partial charge in [-0.15, -0.1) is 0 Å². The Balaban J connectivity index is 1.85. The van der Waals surface area contributed by atoms with Crippen molar-refractivity contribution in [1.82, 2.24) is 4.57 Å². The van der Waals surface area contributed by atoms with Crippen LogP contribution >= 0.6 is 0 Å². The predicted octanol–water partition coefficient (Wildman–Crippen LogP) is 5.57. The molecule has 2 heterocycles. The van der Waals surface area contributed by atoms with E-state index in [4.69, 9.17) is 0 Å². The number of carbonyl (C=O) groups is 1. The van der Waals surface area contributed by atoms with E-state index in [0.29, 0.717) is 25.2 Å². The first kappa shape index (κ1) is 18.2. The number of nitrogens with one attached hydrogen (secondary N) is 1. The number of carboxylic acids is 1. The molecule has 0 unspecified atom stereocenters. The maximum atomic E-state index is 15.1. The second kappa shape index (κ2) is 6.87. The molecule has 1 aliphatic heterocycles. The van der Waals surface area contributed by atoms with Gasteiger partial charge in [0.25, 0.3) is 0 Å². The van der Waals surface area contributed by atoms with Crippen molar-refractivity contribution in [2.75, 3.05) is 11.9 Å². The van der Waals surface area contributed by atoms with E-state index in [-0.39, 0.29) is 17.3 Å². The van der Waals surface area contributed by atoms with Crippen molar-refractivity contribution < 1.29 is 18.7 Å². The van der Waals surface area contributed by atoms with Crippen molar-refractivity contribution in [3.05, 3.63) is 53.3 Å². The second-order valence-corrected chi connectivity index (χ2v) is 7.97. The van der Waals surface area contributed by atoms with Crippen molar-refractivity contribution in [3.63, 3.8) is 0 Å². The van der Waals surface area contributed by atoms with Gasteiger partial charge in [-0.3, -0.25) is 0 Å². The van der Waals surface area contributed by atoms with Crippen molar-refractivity contribution in [2.24, 2.45) is 0 Å². The fraction of sp³-hybridized carbons (Fsp3) is 0.348. The maximum absolute atomic E-state index is 15.1. The second-order valence-electron chi connectivity index (χ2n) is 7.97. The van der Waals surface area contributed by atoms with Gasteiger partial charge in [0.1, 0.15) is 12.0 Å². The van der Waals surface area contributed by atoms with Crippen LogP contribution in [0.3, 0.4) is 0 Å². The normalized spacial score (nSPS) is 21.2. The van der Waals surface area contributed by atoms with Crippen LogP contribution < -0.4 is 5.32 Å². The van der Waals surface area contributed by atoms with Crippen LogP contribution in [-0.4, -0.2) is 28.4 Å². The number of aromatic nitrogens is 1. The number of rotatable bonds is 2. The minimum Gasteiger partial charge on any atom is -0.478 e. The summed E-state index contributed by atoms with van der Waals surface area (Å²) in [6, 6.07) is 9.72. The van der Waals surface area contributed by atoms with Crippen molar-refractivity contribution in [3.8, 4) is 11.3 Å². The van der Waals surface area contributed by atoms with E-state index in [1.54, 1.807) is 18.2 Å². The fourth-order valence-electron chi connectivity index (χ4n) is 4.99. The molecule has 5 rings (SSSR count). The van der Waals surface area contributed by atoms with Gasteiger partial charge in [0, 0.05) is 41.2 Å². The Kier molecular flexibility index (Phi) is 4.30. The highest BCUT2D eigenvalue weighted by molar-refractivity contribution is 5.99. The van der Waals surface area contributed by atoms with Crippen LogP contribution in [0.1, 0.15) is 47.5 Å². The highest BCUT2D eigenvalue weighted by Crippen LogP contribution is 2.47. The molecule has 1 fully saturated rings. The van der Waals surface area contributed by atoms with Crippen LogP contribution in [0.4, 0.5) is 14.5 Å². The summed E-state index contributed by atoms with van der Waals surface area (Å²) in [6.07, 6.45) is 2.23. The van der Waals surface area contributed by atoms with E-state index in [9.17, 15) is 14.3 Å². The zero-order chi connectivity index (χ0) is 20.1. The molecule has 0 bridgehead atoms. The highest BCUT2D eigenvalue weighted by atomic mass is 19.1. The molecule has 2 aliphatic rings. The van der Waals surface area contributed by atoms with E-state index < -0.39 is 12.1 Å². The monoisotopic (exact) mass is 396 g/mol. The number of aromatic carboxylic acids is 1. The zero-order valence-electron chi connectivity index (χ0n) is 15.9. The standard InChI is InChI=1S/C23H22F2N2O2/c24-14-6-8-16-19(12-14)26-9-10-27-20-11-13(23(28)29)5-7-17(20)21(22(16)27)15-3-1-2-4-18(15)25/h5-8,11-12,15,18,26H,1-4,9-10H2,(H,28,29)/t15-,18-/m1/s1. The summed E-state index contributed by atoms with van der Waals surface area (Å²) >= 11 is 0. The number of alkyl halides is 1. The zero-order valence-corrected chi connectivity index (χ0v) is 15.9. The summed E-state index contributed by atoms with van der Waals surface area (Å²) in [5, 5.41) is 13.6. The summed E-state index contributed by atoms with van der Waals surface area (Å²) in [6.45, 7) is 1.17. The third-order valence-corrected chi connectivity index (χ3v) is 6.29. The minimum atomic E-state index is -0.987. The molecule has 0 amide bonds. The Bertz CT molecular complexity index is 1120. The number of carboxylic acid groups (broad SMARTS) is 1. The van der Waals surface area contributed by atoms with E-state index in [2.05, 4.69) is 9.88 Å². The summed E-state index contributed by atoms with van der Waals surface area (Å²) in [5.74, 6) is -1.55. The lowest BCUT2D eigenvalue weighted by molar-refractivity contribution is 0.0697. The Morgan fingerprint density at radius 1 is 1.14 bits per heavy atom. The van der Waals surface area contributed by atoms with Crippen LogP contribution in [0.25, 0.3) is 22.2 Å². The summed E-state index contributed by atoms with van der Waals surface area (Å²) in [5.41, 5.74) is 4.35. The fourth-order valence-corrected chi connectivity index (χ4v) is 4.99. The van der Waals surface area contributed by atoms with Crippen molar-refractivity contribution >= 4 is 22.6 Å². The molecule has 150 valence electrons. The molecule has 6 heteroatoms. The average Bonchev–Trinajstić information content (AvgIpc) is 2.90. The van der Waals surface area contributed by atoms with Gasteiger partial charge in [0.2, 0.25) is 0 Å². The maximum Gasteiger partial charge on any atom is 0.335 e. The lowest BCUT2D eigenvalue weighted by atomic mass is 9.80. The van der Waals surface area contributed by atoms with Gasteiger partial charge >= 0.3 is 5.97 Å². The molecule has 1 aliphatic carbocycles. The SMILES string of the molecule is O=C(O)c1ccc2c([C@@H]3CCCC[C@H]3F)c3n(c2c1)CCNc1cc(F)ccc1-3. The topological polar surface area (TPSA) is 54.3 Å². The summed E-state index contributed by atoms with van der Waals surface area (Å²) in [7, 11) is 0. The lowest BCUT2D eigenvalue weighted by Gasteiger charge is -2.27. The van der Waals surface area contributed by atoms with Crippen LogP contribution in [0.15, 0.2) is 36.4 Å². The Hall–Kier alpha value is -2.89. The Morgan fingerprint density at radius 2 is 1.97 bits per heavy atom. The van der Waals surface area contributed by atoms with Gasteiger partial charge in [-0.25, -0.2) is 13.6 Å². The molecule has 3 aromatic rings. The highest BCUT2D eigenvalue weighted by Gasteiger charge is 2.34. The smallest absolute Gasteiger partial charge is 0.335 e. The summed E-state index contributed by atoms with van der Waals surface area (Å²) < 4.78 is 31.1. The first-order valence-corrected chi connectivity index (χ1v) is 10.1. The number of benzene rings is 2. The van der Waals surface area contributed by atoms with Crippen molar-refractivity contribution in [1.29, 1.82) is 0 Å². The van der Waals surface area contributed by atoms with Gasteiger partial charge in [0.15, 0.2) is 0 Å². The van der Waals surface area contributed by atoms with Crippen LogP contribution in [0.2, 0.25) is 0 Å². The molecule has 0 spiro atoms. The molecule has 1 aromatic heterocycles. The largest absolute Gasteiger partial charge is 0.478 e. The molecule has 4 nitrogen and oxygen atoms in total. The van der Waals surface area contributed by atoms with Gasteiger partial charge < -0.3 is 15.0 Å². The Labute approximate surface area is 167 Å². The molecular weight excluding hydrogens is 374 g/mol. The van der Waals surface area contributed by atoms with Crippen LogP contribution in [0, 0.1) is 5.82 Å². The molecule has 2 N–H and O–H groups in total. The van der Waals surface area contributed by atoms with Gasteiger partial charge in [-0.05, 0) is 48.7 Å². The minimum absolute atomic E-state index is 0.210. The van der Waals surface area contributed by atoms with E-state index in [1.807, 2.05) is 6.07 Å².